The van der Waals surface area contributed by atoms with Crippen LogP contribution in [0.25, 0.3) is 0 Å². The predicted molar refractivity (Wildman–Crippen MR) is 119 cm³/mol. The highest BCUT2D eigenvalue weighted by Gasteiger charge is 2.10. The molecule has 12 heteroatoms. The fourth-order valence-electron chi connectivity index (χ4n) is 2.95. The van der Waals surface area contributed by atoms with E-state index in [4.69, 9.17) is 21.4 Å². The van der Waals surface area contributed by atoms with Crippen molar-refractivity contribution < 1.29 is 19.0 Å². The van der Waals surface area contributed by atoms with Crippen molar-refractivity contribution in [2.24, 2.45) is 4.99 Å². The third kappa shape index (κ3) is 5.27. The molecule has 0 spiro atoms. The van der Waals surface area contributed by atoms with Crippen LogP contribution in [0.15, 0.2) is 75.4 Å². The Balaban J connectivity index is 1.68. The number of pyridine rings is 1. The minimum absolute atomic E-state index is 0.0692. The summed E-state index contributed by atoms with van der Waals surface area (Å²) in [4.78, 5) is 47.6. The van der Waals surface area contributed by atoms with Gasteiger partial charge in [-0.2, -0.15) is 0 Å². The second-order valence-electron chi connectivity index (χ2n) is 6.93. The molecule has 2 aromatic heterocycles. The van der Waals surface area contributed by atoms with E-state index in [0.29, 0.717) is 5.02 Å². The lowest BCUT2D eigenvalue weighted by Gasteiger charge is -2.08. The summed E-state index contributed by atoms with van der Waals surface area (Å²) in [6, 6.07) is 13.0. The van der Waals surface area contributed by atoms with Gasteiger partial charge in [-0.15, -0.1) is 0 Å². The first-order valence-corrected chi connectivity index (χ1v) is 10.1. The van der Waals surface area contributed by atoms with Gasteiger partial charge in [0, 0.05) is 23.4 Å². The van der Waals surface area contributed by atoms with E-state index in [1.54, 1.807) is 24.3 Å². The Morgan fingerprint density at radius 2 is 1.88 bits per heavy atom. The van der Waals surface area contributed by atoms with Crippen LogP contribution in [-0.4, -0.2) is 30.6 Å². The second kappa shape index (κ2) is 9.55. The van der Waals surface area contributed by atoms with Gasteiger partial charge in [0.1, 0.15) is 5.75 Å². The highest BCUT2D eigenvalue weighted by atomic mass is 35.5. The number of aromatic carboxylic acids is 1. The largest absolute Gasteiger partial charge is 0.477 e. The minimum Gasteiger partial charge on any atom is -0.477 e. The maximum atomic E-state index is 14.7. The van der Waals surface area contributed by atoms with E-state index in [-0.39, 0.29) is 35.0 Å². The van der Waals surface area contributed by atoms with Crippen LogP contribution in [0.3, 0.4) is 0 Å². The van der Waals surface area contributed by atoms with Crippen molar-refractivity contribution >= 4 is 23.3 Å². The molecular formula is C22H15ClFN5O5. The number of nitrogens with one attached hydrogen (secondary N) is 2. The van der Waals surface area contributed by atoms with Crippen molar-refractivity contribution in [2.75, 3.05) is 0 Å². The van der Waals surface area contributed by atoms with Gasteiger partial charge in [-0.05, 0) is 35.9 Å². The highest BCUT2D eigenvalue weighted by molar-refractivity contribution is 6.30. The first kappa shape index (κ1) is 22.7. The number of H-pyrrole nitrogens is 2. The monoisotopic (exact) mass is 483 g/mol. The summed E-state index contributed by atoms with van der Waals surface area (Å²) >= 11 is 5.89. The molecule has 2 heterocycles. The average molecular weight is 484 g/mol. The van der Waals surface area contributed by atoms with Crippen LogP contribution < -0.4 is 21.7 Å². The Bertz CT molecular complexity index is 1560. The van der Waals surface area contributed by atoms with Crippen molar-refractivity contribution in [2.45, 2.75) is 6.54 Å². The van der Waals surface area contributed by atoms with Gasteiger partial charge < -0.3 is 9.84 Å². The van der Waals surface area contributed by atoms with Gasteiger partial charge in [0.25, 0.3) is 0 Å². The van der Waals surface area contributed by atoms with Gasteiger partial charge >= 0.3 is 17.3 Å². The van der Waals surface area contributed by atoms with E-state index in [9.17, 15) is 18.8 Å². The third-order valence-electron chi connectivity index (χ3n) is 4.53. The van der Waals surface area contributed by atoms with E-state index >= 15 is 0 Å². The summed E-state index contributed by atoms with van der Waals surface area (Å²) in [5.74, 6) is -2.16. The molecule has 4 aromatic rings. The second-order valence-corrected chi connectivity index (χ2v) is 7.37. The molecule has 0 fully saturated rings. The Hall–Kier alpha value is -4.51. The molecule has 0 radical (unpaired) electrons. The summed E-state index contributed by atoms with van der Waals surface area (Å²) in [6.45, 7) is 0.0692. The zero-order chi connectivity index (χ0) is 24.2. The van der Waals surface area contributed by atoms with Gasteiger partial charge in [-0.3, -0.25) is 14.5 Å². The highest BCUT2D eigenvalue weighted by Crippen LogP contribution is 2.27. The first-order valence-electron chi connectivity index (χ1n) is 9.68. The van der Waals surface area contributed by atoms with E-state index in [1.165, 1.54) is 29.0 Å². The molecule has 10 nitrogen and oxygen atoms in total. The number of carbonyl (C=O) groups is 1. The quantitative estimate of drug-likeness (QED) is 0.385. The van der Waals surface area contributed by atoms with Crippen molar-refractivity contribution in [3.05, 3.63) is 109 Å². The van der Waals surface area contributed by atoms with Gasteiger partial charge in [0.15, 0.2) is 17.3 Å². The topological polar surface area (TPSA) is 142 Å². The van der Waals surface area contributed by atoms with E-state index in [2.05, 4.69) is 19.9 Å². The number of hydrogen-bond donors (Lipinski definition) is 3. The molecule has 172 valence electrons. The molecule has 0 bridgehead atoms. The fourth-order valence-corrected chi connectivity index (χ4v) is 3.08. The standard InChI is InChI=1S/C22H15ClFN5O5/c23-13-3-1-12(2-4-13)11-29-20(27-21(32)28-22(29)33)26-14-5-6-18(16(24)9-14)34-15-7-8-25-17(10-15)19(30)31/h1-10H,11H2,(H,30,31)(H2,26,27,28,32,33). The van der Waals surface area contributed by atoms with Gasteiger partial charge in [-0.1, -0.05) is 23.7 Å². The molecule has 0 aliphatic rings. The van der Waals surface area contributed by atoms with Crippen molar-refractivity contribution in [3.63, 3.8) is 0 Å². The number of ether oxygens (including phenoxy) is 1. The Kier molecular flexibility index (Phi) is 6.37. The zero-order valence-electron chi connectivity index (χ0n) is 17.2. The summed E-state index contributed by atoms with van der Waals surface area (Å²) in [5.41, 5.74) is -1.02. The SMILES string of the molecule is O=C(O)c1cc(Oc2ccc(/N=c3\[nH]c(=O)[nH]c(=O)n3Cc3ccc(Cl)cc3)cc2F)ccn1. The number of carboxylic acids is 1. The number of rotatable bonds is 6. The number of hydrogen-bond acceptors (Lipinski definition) is 6. The van der Waals surface area contributed by atoms with Crippen molar-refractivity contribution in [1.29, 1.82) is 0 Å². The molecular weight excluding hydrogens is 469 g/mol. The molecule has 3 N–H and O–H groups in total. The van der Waals surface area contributed by atoms with Crippen LogP contribution in [0.5, 0.6) is 11.5 Å². The fraction of sp³-hybridized carbons (Fsp3) is 0.0455. The summed E-state index contributed by atoms with van der Waals surface area (Å²) in [7, 11) is 0. The Morgan fingerprint density at radius 1 is 1.12 bits per heavy atom. The smallest absolute Gasteiger partial charge is 0.354 e. The number of benzene rings is 2. The van der Waals surface area contributed by atoms with Gasteiger partial charge in [0.2, 0.25) is 5.62 Å². The molecule has 4 rings (SSSR count). The number of aromatic amines is 2. The van der Waals surface area contributed by atoms with Crippen LogP contribution in [-0.2, 0) is 6.54 Å². The maximum absolute atomic E-state index is 14.7. The summed E-state index contributed by atoms with van der Waals surface area (Å²) in [6.07, 6.45) is 1.23. The van der Waals surface area contributed by atoms with Crippen LogP contribution in [0.4, 0.5) is 10.1 Å². The lowest BCUT2D eigenvalue weighted by atomic mass is 10.2. The van der Waals surface area contributed by atoms with Crippen LogP contribution in [0.1, 0.15) is 16.1 Å². The van der Waals surface area contributed by atoms with Crippen LogP contribution >= 0.6 is 11.6 Å². The molecule has 0 aliphatic carbocycles. The molecule has 0 atom stereocenters. The lowest BCUT2D eigenvalue weighted by Crippen LogP contribution is -2.44. The molecule has 34 heavy (non-hydrogen) atoms. The number of halogens is 2. The summed E-state index contributed by atoms with van der Waals surface area (Å²) in [5, 5.41) is 9.54. The predicted octanol–water partition coefficient (Wildman–Crippen LogP) is 2.82. The van der Waals surface area contributed by atoms with E-state index in [1.807, 2.05) is 0 Å². The Morgan fingerprint density at radius 3 is 2.59 bits per heavy atom. The third-order valence-corrected chi connectivity index (χ3v) is 4.78. The van der Waals surface area contributed by atoms with E-state index in [0.717, 1.165) is 17.7 Å². The van der Waals surface area contributed by atoms with Crippen LogP contribution in [0.2, 0.25) is 5.02 Å². The summed E-state index contributed by atoms with van der Waals surface area (Å²) < 4.78 is 21.3. The maximum Gasteiger partial charge on any atom is 0.354 e. The molecule has 0 amide bonds. The molecule has 0 unspecified atom stereocenters. The molecule has 0 aliphatic heterocycles. The first-order chi connectivity index (χ1) is 16.3. The zero-order valence-corrected chi connectivity index (χ0v) is 17.9. The lowest BCUT2D eigenvalue weighted by molar-refractivity contribution is 0.0690. The average Bonchev–Trinajstić information content (AvgIpc) is 2.79. The van der Waals surface area contributed by atoms with Gasteiger partial charge in [0.05, 0.1) is 12.2 Å². The van der Waals surface area contributed by atoms with E-state index < -0.39 is 23.2 Å². The molecule has 2 aromatic carbocycles. The molecule has 0 saturated carbocycles. The Labute approximate surface area is 194 Å². The van der Waals surface area contributed by atoms with Crippen molar-refractivity contribution in [1.82, 2.24) is 19.5 Å². The van der Waals surface area contributed by atoms with Crippen LogP contribution in [0, 0.1) is 5.82 Å². The molecule has 0 saturated heterocycles. The number of aromatic nitrogens is 4. The minimum atomic E-state index is -1.25. The normalized spacial score (nSPS) is 11.4. The van der Waals surface area contributed by atoms with Crippen molar-refractivity contribution in [3.8, 4) is 11.5 Å². The number of nitrogens with zero attached hydrogens (tertiary/aromatic N) is 3. The van der Waals surface area contributed by atoms with Gasteiger partial charge in [-0.25, -0.2) is 28.8 Å². The number of carboxylic acid groups (broad SMARTS) is 1.